The van der Waals surface area contributed by atoms with Crippen molar-refractivity contribution in [3.05, 3.63) is 28.8 Å². The molecule has 0 bridgehead atoms. The molecule has 24 heavy (non-hydrogen) atoms. The molecule has 1 N–H and O–H groups in total. The third-order valence-corrected chi connectivity index (χ3v) is 10.0. The molecule has 0 radical (unpaired) electrons. The number of rotatable bonds is 5. The molecule has 2 rings (SSSR count). The van der Waals surface area contributed by atoms with E-state index in [9.17, 15) is 4.79 Å². The minimum Gasteiger partial charge on any atom is -0.322 e. The van der Waals surface area contributed by atoms with E-state index in [1.54, 1.807) is 0 Å². The van der Waals surface area contributed by atoms with Crippen LogP contribution >= 0.6 is 7.26 Å². The Bertz CT molecular complexity index is 619. The highest BCUT2D eigenvalue weighted by atomic mass is 31.2. The molecule has 1 fully saturated rings. The Labute approximate surface area is 147 Å². The molecular weight excluding hydrogens is 315 g/mol. The van der Waals surface area contributed by atoms with Gasteiger partial charge in [0.15, 0.2) is 0 Å². The molecule has 0 saturated carbocycles. The van der Waals surface area contributed by atoms with E-state index in [0.717, 1.165) is 29.7 Å². The predicted octanol–water partition coefficient (Wildman–Crippen LogP) is 5.11. The molecule has 1 aliphatic rings. The molecular formula is C20H30N2OP+. The molecule has 0 aromatic heterocycles. The maximum Gasteiger partial charge on any atom is 0.265 e. The van der Waals surface area contributed by atoms with Crippen LogP contribution in [0.1, 0.15) is 55.7 Å². The molecule has 1 unspecified atom stereocenters. The van der Waals surface area contributed by atoms with Gasteiger partial charge in [0.25, 0.3) is 5.91 Å². The largest absolute Gasteiger partial charge is 0.322 e. The van der Waals surface area contributed by atoms with E-state index < -0.39 is 7.26 Å². The first-order chi connectivity index (χ1) is 11.4. The van der Waals surface area contributed by atoms with Gasteiger partial charge in [-0.2, -0.15) is 5.26 Å². The van der Waals surface area contributed by atoms with Gasteiger partial charge in [-0.15, -0.1) is 0 Å². The third-order valence-electron chi connectivity index (χ3n) is 5.37. The summed E-state index contributed by atoms with van der Waals surface area (Å²) >= 11 is 0. The number of anilines is 1. The number of benzene rings is 1. The predicted molar refractivity (Wildman–Crippen MR) is 104 cm³/mol. The molecule has 1 aliphatic heterocycles. The number of aryl methyl sites for hydroxylation is 2. The summed E-state index contributed by atoms with van der Waals surface area (Å²) in [5, 5.41) is 12.3. The molecule has 1 saturated heterocycles. The van der Waals surface area contributed by atoms with E-state index in [1.807, 2.05) is 26.0 Å². The van der Waals surface area contributed by atoms with Crippen LogP contribution in [0.3, 0.4) is 0 Å². The minimum atomic E-state index is -1.19. The first-order valence-corrected chi connectivity index (χ1v) is 11.8. The van der Waals surface area contributed by atoms with Crippen LogP contribution < -0.4 is 5.32 Å². The normalized spacial score (nSPS) is 17.8. The second-order valence-electron chi connectivity index (χ2n) is 7.38. The summed E-state index contributed by atoms with van der Waals surface area (Å²) in [7, 11) is -1.19. The summed E-state index contributed by atoms with van der Waals surface area (Å²) in [5.41, 5.74) is 3.67. The van der Waals surface area contributed by atoms with Gasteiger partial charge >= 0.3 is 0 Å². The highest BCUT2D eigenvalue weighted by Gasteiger charge is 2.45. The summed E-state index contributed by atoms with van der Waals surface area (Å²) < 4.78 is 0. The Morgan fingerprint density at radius 1 is 1.25 bits per heavy atom. The van der Waals surface area contributed by atoms with Crippen molar-refractivity contribution in [1.29, 1.82) is 5.26 Å². The zero-order valence-electron chi connectivity index (χ0n) is 15.5. The average Bonchev–Trinajstić information content (AvgIpc) is 2.56. The molecule has 0 aliphatic carbocycles. The average molecular weight is 345 g/mol. The lowest BCUT2D eigenvalue weighted by Crippen LogP contribution is -2.34. The van der Waals surface area contributed by atoms with Gasteiger partial charge in [0.1, 0.15) is 5.66 Å². The van der Waals surface area contributed by atoms with E-state index in [1.165, 1.54) is 31.6 Å². The van der Waals surface area contributed by atoms with Gasteiger partial charge in [0.05, 0.1) is 24.0 Å². The van der Waals surface area contributed by atoms with E-state index in [-0.39, 0.29) is 11.6 Å². The van der Waals surface area contributed by atoms with Gasteiger partial charge in [-0.05, 0) is 62.8 Å². The zero-order chi connectivity index (χ0) is 17.7. The minimum absolute atomic E-state index is 0.178. The van der Waals surface area contributed by atoms with Gasteiger partial charge in [-0.1, -0.05) is 13.3 Å². The molecule has 130 valence electrons. The SMILES string of the molecule is CCCC(C(=O)Nc1c(C)cc(C#N)cc1C)[P+]1(C)CCCCC1. The summed E-state index contributed by atoms with van der Waals surface area (Å²) in [6.07, 6.45) is 8.46. The van der Waals surface area contributed by atoms with E-state index >= 15 is 0 Å². The molecule has 1 atom stereocenters. The van der Waals surface area contributed by atoms with E-state index in [2.05, 4.69) is 25.0 Å². The van der Waals surface area contributed by atoms with Gasteiger partial charge in [-0.25, -0.2) is 0 Å². The molecule has 1 aromatic carbocycles. The van der Waals surface area contributed by atoms with Crippen LogP contribution in [0.4, 0.5) is 5.69 Å². The van der Waals surface area contributed by atoms with Crippen LogP contribution in [-0.2, 0) is 4.79 Å². The Morgan fingerprint density at radius 3 is 2.33 bits per heavy atom. The molecule has 0 spiro atoms. The van der Waals surface area contributed by atoms with Gasteiger partial charge in [0.2, 0.25) is 0 Å². The maximum absolute atomic E-state index is 13.1. The van der Waals surface area contributed by atoms with Gasteiger partial charge < -0.3 is 5.32 Å². The molecule has 1 aromatic rings. The first-order valence-electron chi connectivity index (χ1n) is 9.07. The fourth-order valence-corrected chi connectivity index (χ4v) is 8.23. The standard InChI is InChI=1S/C20H29N2OP/c1-5-9-18(24(4)10-7-6-8-11-24)20(23)22-19-15(2)12-17(14-21)13-16(19)3/h12-13,18H,5-11H2,1-4H3/p+1. The van der Waals surface area contributed by atoms with Crippen molar-refractivity contribution in [2.75, 3.05) is 24.3 Å². The van der Waals surface area contributed by atoms with Crippen LogP contribution in [0.25, 0.3) is 0 Å². The van der Waals surface area contributed by atoms with Crippen molar-refractivity contribution in [1.82, 2.24) is 0 Å². The smallest absolute Gasteiger partial charge is 0.265 e. The van der Waals surface area contributed by atoms with Gasteiger partial charge in [-0.3, -0.25) is 4.79 Å². The van der Waals surface area contributed by atoms with Crippen molar-refractivity contribution < 1.29 is 4.79 Å². The summed E-state index contributed by atoms with van der Waals surface area (Å²) in [6.45, 7) is 8.52. The topological polar surface area (TPSA) is 52.9 Å². The van der Waals surface area contributed by atoms with Crippen LogP contribution in [0, 0.1) is 25.2 Å². The van der Waals surface area contributed by atoms with Crippen LogP contribution in [0.2, 0.25) is 0 Å². The highest BCUT2D eigenvalue weighted by Crippen LogP contribution is 2.64. The molecule has 4 heteroatoms. The molecule has 1 heterocycles. The first kappa shape index (κ1) is 18.9. The summed E-state index contributed by atoms with van der Waals surface area (Å²) in [4.78, 5) is 13.1. The van der Waals surface area contributed by atoms with E-state index in [0.29, 0.717) is 5.56 Å². The van der Waals surface area contributed by atoms with Gasteiger partial charge in [0, 0.05) is 19.6 Å². The number of carbonyl (C=O) groups is 1. The fraction of sp³-hybridized carbons (Fsp3) is 0.600. The number of nitrogens with zero attached hydrogens (tertiary/aromatic N) is 1. The fourth-order valence-electron chi connectivity index (χ4n) is 3.98. The Morgan fingerprint density at radius 2 is 1.83 bits per heavy atom. The van der Waals surface area contributed by atoms with Crippen molar-refractivity contribution in [2.24, 2.45) is 0 Å². The second-order valence-corrected chi connectivity index (χ2v) is 11.9. The second kappa shape index (κ2) is 8.13. The molecule has 3 nitrogen and oxygen atoms in total. The van der Waals surface area contributed by atoms with Crippen molar-refractivity contribution in [3.63, 3.8) is 0 Å². The number of hydrogen-bond acceptors (Lipinski definition) is 2. The van der Waals surface area contributed by atoms with Crippen molar-refractivity contribution in [2.45, 2.75) is 58.5 Å². The molecule has 1 amide bonds. The highest BCUT2D eigenvalue weighted by molar-refractivity contribution is 7.76. The Kier molecular flexibility index (Phi) is 6.41. The number of hydrogen-bond donors (Lipinski definition) is 1. The number of nitriles is 1. The van der Waals surface area contributed by atoms with Crippen LogP contribution in [-0.4, -0.2) is 30.6 Å². The number of amides is 1. The van der Waals surface area contributed by atoms with E-state index in [4.69, 9.17) is 5.26 Å². The lowest BCUT2D eigenvalue weighted by atomic mass is 10.0. The summed E-state index contributed by atoms with van der Waals surface area (Å²) in [6, 6.07) is 5.89. The quantitative estimate of drug-likeness (QED) is 0.754. The van der Waals surface area contributed by atoms with Crippen LogP contribution in [0.5, 0.6) is 0 Å². The van der Waals surface area contributed by atoms with Crippen LogP contribution in [0.15, 0.2) is 12.1 Å². The number of carbonyl (C=O) groups excluding carboxylic acids is 1. The number of nitrogens with one attached hydrogen (secondary N) is 1. The zero-order valence-corrected chi connectivity index (χ0v) is 16.4. The summed E-state index contributed by atoms with van der Waals surface area (Å²) in [5.74, 6) is 0.200. The van der Waals surface area contributed by atoms with Crippen molar-refractivity contribution in [3.8, 4) is 6.07 Å². The Hall–Kier alpha value is -1.39. The monoisotopic (exact) mass is 345 g/mol. The van der Waals surface area contributed by atoms with Crippen molar-refractivity contribution >= 4 is 18.9 Å². The Balaban J connectivity index is 2.24. The lowest BCUT2D eigenvalue weighted by Gasteiger charge is -2.33. The third kappa shape index (κ3) is 4.17. The lowest BCUT2D eigenvalue weighted by molar-refractivity contribution is -0.116. The maximum atomic E-state index is 13.1.